The number of aryl methyl sites for hydroxylation is 1. The minimum Gasteiger partial charge on any atom is -0.451 e. The van der Waals surface area contributed by atoms with Gasteiger partial charge in [-0.1, -0.05) is 24.3 Å². The van der Waals surface area contributed by atoms with Crippen molar-refractivity contribution in [3.63, 3.8) is 0 Å². The number of hydrogen-bond acceptors (Lipinski definition) is 6. The number of carbonyl (C=O) groups is 2. The molecule has 2 N–H and O–H groups in total. The fourth-order valence-electron chi connectivity index (χ4n) is 2.65. The summed E-state index contributed by atoms with van der Waals surface area (Å²) in [5.41, 5.74) is 1.98. The van der Waals surface area contributed by atoms with Crippen molar-refractivity contribution in [1.29, 1.82) is 0 Å². The number of esters is 1. The smallest absolute Gasteiger partial charge is 0.328 e. The van der Waals surface area contributed by atoms with Gasteiger partial charge in [0.05, 0.1) is 4.90 Å². The van der Waals surface area contributed by atoms with E-state index in [0.717, 1.165) is 5.56 Å². The van der Waals surface area contributed by atoms with E-state index in [-0.39, 0.29) is 10.7 Å². The maximum atomic E-state index is 12.2. The zero-order valence-electron chi connectivity index (χ0n) is 15.3. The van der Waals surface area contributed by atoms with Crippen LogP contribution < -0.4 is 10.0 Å². The average molecular weight is 401 g/mol. The largest absolute Gasteiger partial charge is 0.451 e. The molecule has 2 aromatic carbocycles. The van der Waals surface area contributed by atoms with E-state index in [2.05, 4.69) is 15.0 Å². The van der Waals surface area contributed by atoms with Gasteiger partial charge < -0.3 is 10.1 Å². The predicted molar refractivity (Wildman–Crippen MR) is 104 cm³/mol. The summed E-state index contributed by atoms with van der Waals surface area (Å²) in [7, 11) is -3.67. The Morgan fingerprint density at radius 1 is 1.18 bits per heavy atom. The second-order valence-corrected chi connectivity index (χ2v) is 7.91. The van der Waals surface area contributed by atoms with Crippen molar-refractivity contribution in [3.05, 3.63) is 59.7 Å². The van der Waals surface area contributed by atoms with Crippen LogP contribution in [-0.2, 0) is 24.3 Å². The first-order chi connectivity index (χ1) is 13.3. The molecule has 9 heteroatoms. The number of ether oxygens (including phenoxy) is 1. The van der Waals surface area contributed by atoms with Crippen LogP contribution >= 0.6 is 0 Å². The van der Waals surface area contributed by atoms with Crippen molar-refractivity contribution >= 4 is 33.4 Å². The van der Waals surface area contributed by atoms with E-state index in [9.17, 15) is 18.0 Å². The number of nitrogens with one attached hydrogen (secondary N) is 2. The van der Waals surface area contributed by atoms with Gasteiger partial charge in [0, 0.05) is 11.3 Å². The van der Waals surface area contributed by atoms with E-state index in [1.54, 1.807) is 36.4 Å². The molecule has 2 aromatic rings. The molecule has 1 heterocycles. The maximum Gasteiger partial charge on any atom is 0.328 e. The number of benzene rings is 2. The van der Waals surface area contributed by atoms with E-state index in [0.29, 0.717) is 11.3 Å². The number of amides is 1. The van der Waals surface area contributed by atoms with Crippen LogP contribution in [0.4, 0.5) is 5.69 Å². The summed E-state index contributed by atoms with van der Waals surface area (Å²) in [6.45, 7) is 2.92. The third kappa shape index (κ3) is 4.37. The molecule has 0 radical (unpaired) electrons. The van der Waals surface area contributed by atoms with E-state index >= 15 is 0 Å². The molecule has 0 saturated heterocycles. The molecule has 0 saturated carbocycles. The Morgan fingerprint density at radius 3 is 2.68 bits per heavy atom. The molecule has 3 rings (SSSR count). The number of hydrogen-bond donors (Lipinski definition) is 2. The van der Waals surface area contributed by atoms with Crippen LogP contribution in [-0.4, -0.2) is 38.8 Å². The molecule has 1 aliphatic rings. The van der Waals surface area contributed by atoms with Gasteiger partial charge in [0.1, 0.15) is 12.4 Å². The lowest BCUT2D eigenvalue weighted by Crippen LogP contribution is -2.31. The van der Waals surface area contributed by atoms with Gasteiger partial charge in [0.15, 0.2) is 6.10 Å². The van der Waals surface area contributed by atoms with Crippen LogP contribution in [0.1, 0.15) is 18.1 Å². The van der Waals surface area contributed by atoms with Crippen molar-refractivity contribution in [2.75, 3.05) is 11.9 Å². The Balaban J connectivity index is 1.60. The Hall–Kier alpha value is -3.20. The summed E-state index contributed by atoms with van der Waals surface area (Å²) >= 11 is 0. The summed E-state index contributed by atoms with van der Waals surface area (Å²) < 4.78 is 31.4. The van der Waals surface area contributed by atoms with E-state index in [1.165, 1.54) is 13.0 Å². The van der Waals surface area contributed by atoms with Crippen molar-refractivity contribution in [2.45, 2.75) is 24.8 Å². The number of nitrogens with zero attached hydrogens (tertiary/aromatic N) is 1. The normalized spacial score (nSPS) is 16.7. The number of amidine groups is 1. The van der Waals surface area contributed by atoms with Gasteiger partial charge in [-0.15, -0.1) is 0 Å². The summed E-state index contributed by atoms with van der Waals surface area (Å²) in [5, 5.41) is 2.67. The minimum atomic E-state index is -3.67. The topological polar surface area (TPSA) is 114 Å². The Kier molecular flexibility index (Phi) is 5.46. The summed E-state index contributed by atoms with van der Waals surface area (Å²) in [4.78, 5) is 28.3. The number of anilines is 1. The fourth-order valence-corrected chi connectivity index (χ4v) is 3.90. The second-order valence-electron chi connectivity index (χ2n) is 6.26. The molecule has 1 amide bonds. The zero-order chi connectivity index (χ0) is 20.3. The van der Waals surface area contributed by atoms with Gasteiger partial charge in [-0.05, 0) is 43.7 Å². The number of sulfonamides is 1. The Labute approximate surface area is 162 Å². The highest BCUT2D eigenvalue weighted by Gasteiger charge is 2.30. The van der Waals surface area contributed by atoms with Gasteiger partial charge in [-0.3, -0.25) is 19.3 Å². The summed E-state index contributed by atoms with van der Waals surface area (Å²) in [5.74, 6) is -1.15. The lowest BCUT2D eigenvalue weighted by Gasteiger charge is -2.13. The van der Waals surface area contributed by atoms with Crippen LogP contribution in [0.25, 0.3) is 0 Å². The highest BCUT2D eigenvalue weighted by Crippen LogP contribution is 2.22. The van der Waals surface area contributed by atoms with E-state index in [1.807, 2.05) is 13.0 Å². The third-order valence-corrected chi connectivity index (χ3v) is 5.39. The monoisotopic (exact) mass is 401 g/mol. The predicted octanol–water partition coefficient (Wildman–Crippen LogP) is 1.60. The molecular formula is C19H19N3O5S. The first-order valence-corrected chi connectivity index (χ1v) is 9.98. The summed E-state index contributed by atoms with van der Waals surface area (Å²) in [6.07, 6.45) is -1.03. The highest BCUT2D eigenvalue weighted by atomic mass is 32.2. The van der Waals surface area contributed by atoms with Gasteiger partial charge in [0.25, 0.3) is 15.9 Å². The average Bonchev–Trinajstić information content (AvgIpc) is 2.91. The lowest BCUT2D eigenvalue weighted by atomic mass is 10.2. The number of aliphatic imine (C=N–C) groups is 1. The van der Waals surface area contributed by atoms with Gasteiger partial charge in [-0.25, -0.2) is 8.42 Å². The molecule has 0 bridgehead atoms. The molecule has 146 valence electrons. The van der Waals surface area contributed by atoms with Crippen LogP contribution in [0.5, 0.6) is 0 Å². The molecule has 1 atom stereocenters. The molecule has 1 aliphatic heterocycles. The first kappa shape index (κ1) is 19.6. The molecular weight excluding hydrogens is 382 g/mol. The zero-order valence-corrected chi connectivity index (χ0v) is 16.1. The van der Waals surface area contributed by atoms with Gasteiger partial charge in [-0.2, -0.15) is 0 Å². The number of carbonyl (C=O) groups excluding carboxylic acids is 2. The second kappa shape index (κ2) is 7.81. The van der Waals surface area contributed by atoms with E-state index < -0.39 is 34.5 Å². The van der Waals surface area contributed by atoms with E-state index in [4.69, 9.17) is 4.74 Å². The molecule has 0 fully saturated rings. The van der Waals surface area contributed by atoms with Crippen molar-refractivity contribution in [3.8, 4) is 0 Å². The molecule has 8 nitrogen and oxygen atoms in total. The first-order valence-electron chi connectivity index (χ1n) is 8.50. The third-order valence-electron chi connectivity index (χ3n) is 3.99. The lowest BCUT2D eigenvalue weighted by molar-refractivity contribution is -0.151. The van der Waals surface area contributed by atoms with Gasteiger partial charge in [0.2, 0.25) is 0 Å². The van der Waals surface area contributed by atoms with Crippen molar-refractivity contribution in [1.82, 2.24) is 4.72 Å². The van der Waals surface area contributed by atoms with Crippen LogP contribution in [0.3, 0.4) is 0 Å². The molecule has 0 aromatic heterocycles. The Morgan fingerprint density at radius 2 is 1.93 bits per heavy atom. The van der Waals surface area contributed by atoms with Gasteiger partial charge >= 0.3 is 5.97 Å². The minimum absolute atomic E-state index is 0.0735. The molecule has 28 heavy (non-hydrogen) atoms. The van der Waals surface area contributed by atoms with Crippen LogP contribution in [0, 0.1) is 6.92 Å². The standard InChI is InChI=1S/C19H19N3O5S/c1-12-6-5-7-14(10-12)21-19(24)13(2)27-17(23)11-20-18-15-8-3-4-9-16(15)28(25,26)22-18/h3-10,13H,11H2,1-2H3,(H,20,22)(H,21,24)/t13-/m1/s1. The quantitative estimate of drug-likeness (QED) is 0.739. The van der Waals surface area contributed by atoms with Crippen LogP contribution in [0.15, 0.2) is 58.4 Å². The number of rotatable bonds is 5. The molecule has 0 unspecified atom stereocenters. The summed E-state index contributed by atoms with van der Waals surface area (Å²) in [6, 6.07) is 13.5. The maximum absolute atomic E-state index is 12.2. The molecule has 0 aliphatic carbocycles. The highest BCUT2D eigenvalue weighted by molar-refractivity contribution is 7.90. The Bertz CT molecular complexity index is 1060. The number of fused-ring (bicyclic) bond motifs is 1. The van der Waals surface area contributed by atoms with Crippen LogP contribution in [0.2, 0.25) is 0 Å². The SMILES string of the molecule is Cc1cccc(NC(=O)[C@@H](C)OC(=O)CN=C2NS(=O)(=O)c3ccccc32)c1. The fraction of sp³-hybridized carbons (Fsp3) is 0.211. The van der Waals surface area contributed by atoms with Crippen molar-refractivity contribution in [2.24, 2.45) is 4.99 Å². The molecule has 0 spiro atoms. The van der Waals surface area contributed by atoms with Crippen molar-refractivity contribution < 1.29 is 22.7 Å².